The molecule has 0 atom stereocenters. The molecule has 0 aromatic heterocycles. The lowest BCUT2D eigenvalue weighted by Crippen LogP contribution is -2.41. The summed E-state index contributed by atoms with van der Waals surface area (Å²) < 4.78 is 16.1. The molecule has 0 spiro atoms. The van der Waals surface area contributed by atoms with Crippen LogP contribution in [0.4, 0.5) is 5.69 Å². The quantitative estimate of drug-likeness (QED) is 0.652. The van der Waals surface area contributed by atoms with Gasteiger partial charge in [-0.1, -0.05) is 11.6 Å². The monoisotopic (exact) mass is 455 g/mol. The van der Waals surface area contributed by atoms with Crippen molar-refractivity contribution in [1.82, 2.24) is 10.2 Å². The van der Waals surface area contributed by atoms with Gasteiger partial charge in [-0.3, -0.25) is 14.5 Å². The number of thioether (sulfide) groups is 1. The summed E-state index contributed by atoms with van der Waals surface area (Å²) >= 11 is 7.79. The number of allylic oxidation sites excluding steroid dienone is 1. The van der Waals surface area contributed by atoms with E-state index in [9.17, 15) is 9.59 Å². The molecule has 1 fully saturated rings. The maximum absolute atomic E-state index is 12.6. The SMILES string of the molecule is COc1cc(NC(=O)C2=C(C)OCCS2)c(Cl)cc1C(=O)NCCN1CCOCC1. The van der Waals surface area contributed by atoms with Gasteiger partial charge >= 0.3 is 0 Å². The van der Waals surface area contributed by atoms with E-state index in [-0.39, 0.29) is 16.8 Å². The van der Waals surface area contributed by atoms with E-state index >= 15 is 0 Å². The number of carbonyl (C=O) groups is 2. The fourth-order valence-electron chi connectivity index (χ4n) is 3.15. The van der Waals surface area contributed by atoms with E-state index in [1.54, 1.807) is 13.0 Å². The van der Waals surface area contributed by atoms with Gasteiger partial charge in [0.15, 0.2) is 0 Å². The lowest BCUT2D eigenvalue weighted by Gasteiger charge is -2.26. The van der Waals surface area contributed by atoms with Gasteiger partial charge in [-0.2, -0.15) is 0 Å². The number of carbonyl (C=O) groups excluding carboxylic acids is 2. The smallest absolute Gasteiger partial charge is 0.265 e. The van der Waals surface area contributed by atoms with Gasteiger partial charge in [-0.25, -0.2) is 0 Å². The van der Waals surface area contributed by atoms with Gasteiger partial charge in [0.25, 0.3) is 11.8 Å². The Morgan fingerprint density at radius 2 is 2.00 bits per heavy atom. The second-order valence-corrected chi connectivity index (χ2v) is 8.29. The first kappa shape index (κ1) is 22.7. The standard InChI is InChI=1S/C20H26ClN3O5S/c1-13-18(30-10-9-29-13)20(26)23-16-12-17(27-2)14(11-15(16)21)19(25)22-3-4-24-5-7-28-8-6-24/h11-12H,3-10H2,1-2H3,(H,22,25)(H,23,26). The molecule has 164 valence electrons. The van der Waals surface area contributed by atoms with Crippen molar-refractivity contribution in [2.24, 2.45) is 0 Å². The number of morpholine rings is 1. The first-order valence-corrected chi connectivity index (χ1v) is 11.1. The van der Waals surface area contributed by atoms with Crippen molar-refractivity contribution in [3.63, 3.8) is 0 Å². The van der Waals surface area contributed by atoms with Gasteiger partial charge in [0.05, 0.1) is 43.2 Å². The maximum atomic E-state index is 12.6. The van der Waals surface area contributed by atoms with Crippen molar-refractivity contribution in [2.75, 3.05) is 64.2 Å². The zero-order valence-corrected chi connectivity index (χ0v) is 18.7. The number of methoxy groups -OCH3 is 1. The maximum Gasteiger partial charge on any atom is 0.265 e. The van der Waals surface area contributed by atoms with Crippen LogP contribution in [0.3, 0.4) is 0 Å². The highest BCUT2D eigenvalue weighted by Gasteiger charge is 2.22. The number of nitrogens with one attached hydrogen (secondary N) is 2. The third kappa shape index (κ3) is 5.81. The van der Waals surface area contributed by atoms with Crippen LogP contribution in [0.2, 0.25) is 5.02 Å². The van der Waals surface area contributed by atoms with Crippen molar-refractivity contribution < 1.29 is 23.8 Å². The van der Waals surface area contributed by atoms with Crippen molar-refractivity contribution in [1.29, 1.82) is 0 Å². The van der Waals surface area contributed by atoms with Crippen LogP contribution in [0.25, 0.3) is 0 Å². The molecule has 2 aliphatic rings. The molecule has 0 unspecified atom stereocenters. The number of hydrogen-bond acceptors (Lipinski definition) is 7. The Kier molecular flexibility index (Phi) is 8.26. The van der Waals surface area contributed by atoms with E-state index in [0.717, 1.165) is 19.6 Å². The molecular formula is C20H26ClN3O5S. The summed E-state index contributed by atoms with van der Waals surface area (Å²) in [5.74, 6) is 1.04. The van der Waals surface area contributed by atoms with E-state index in [1.165, 1.54) is 24.9 Å². The summed E-state index contributed by atoms with van der Waals surface area (Å²) in [5, 5.41) is 5.92. The molecule has 10 heteroatoms. The number of anilines is 1. The minimum absolute atomic E-state index is 0.252. The van der Waals surface area contributed by atoms with Gasteiger partial charge in [-0.15, -0.1) is 11.8 Å². The van der Waals surface area contributed by atoms with Crippen LogP contribution in [0.15, 0.2) is 22.8 Å². The molecule has 2 heterocycles. The number of halogens is 1. The molecule has 0 bridgehead atoms. The van der Waals surface area contributed by atoms with Crippen LogP contribution in [0.1, 0.15) is 17.3 Å². The molecule has 1 saturated heterocycles. The fraction of sp³-hybridized carbons (Fsp3) is 0.500. The van der Waals surface area contributed by atoms with Gasteiger partial charge in [0.2, 0.25) is 0 Å². The molecule has 2 amide bonds. The van der Waals surface area contributed by atoms with Crippen LogP contribution in [-0.2, 0) is 14.3 Å². The highest BCUT2D eigenvalue weighted by atomic mass is 35.5. The topological polar surface area (TPSA) is 89.1 Å². The zero-order valence-electron chi connectivity index (χ0n) is 17.1. The fourth-order valence-corrected chi connectivity index (χ4v) is 4.18. The summed E-state index contributed by atoms with van der Waals surface area (Å²) in [7, 11) is 1.47. The molecule has 0 radical (unpaired) electrons. The van der Waals surface area contributed by atoms with Crippen LogP contribution in [0.5, 0.6) is 5.75 Å². The van der Waals surface area contributed by atoms with E-state index < -0.39 is 0 Å². The molecule has 2 aliphatic heterocycles. The molecule has 0 saturated carbocycles. The summed E-state index contributed by atoms with van der Waals surface area (Å²) in [6, 6.07) is 3.06. The minimum Gasteiger partial charge on any atom is -0.496 e. The van der Waals surface area contributed by atoms with Crippen molar-refractivity contribution in [3.05, 3.63) is 33.4 Å². The number of ether oxygens (including phenoxy) is 3. The summed E-state index contributed by atoms with van der Waals surface area (Å²) in [6.45, 7) is 6.73. The number of nitrogens with zero attached hydrogens (tertiary/aromatic N) is 1. The summed E-state index contributed by atoms with van der Waals surface area (Å²) in [5.41, 5.74) is 0.683. The first-order chi connectivity index (χ1) is 14.5. The largest absolute Gasteiger partial charge is 0.496 e. The predicted molar refractivity (Wildman–Crippen MR) is 117 cm³/mol. The van der Waals surface area contributed by atoms with E-state index in [2.05, 4.69) is 15.5 Å². The Labute approximate surface area is 185 Å². The van der Waals surface area contributed by atoms with Gasteiger partial charge in [0, 0.05) is 38.0 Å². The van der Waals surface area contributed by atoms with Crippen LogP contribution >= 0.6 is 23.4 Å². The van der Waals surface area contributed by atoms with Gasteiger partial charge in [-0.05, 0) is 13.0 Å². The molecule has 0 aliphatic carbocycles. The van der Waals surface area contributed by atoms with E-state index in [4.69, 9.17) is 25.8 Å². The molecule has 1 aromatic rings. The van der Waals surface area contributed by atoms with Crippen LogP contribution in [-0.4, -0.2) is 75.6 Å². The molecular weight excluding hydrogens is 430 g/mol. The summed E-state index contributed by atoms with van der Waals surface area (Å²) in [4.78, 5) is 28.0. The van der Waals surface area contributed by atoms with Crippen molar-refractivity contribution in [2.45, 2.75) is 6.92 Å². The van der Waals surface area contributed by atoms with Crippen LogP contribution in [0, 0.1) is 0 Å². The first-order valence-electron chi connectivity index (χ1n) is 9.73. The van der Waals surface area contributed by atoms with Gasteiger partial charge in [0.1, 0.15) is 16.4 Å². The highest BCUT2D eigenvalue weighted by molar-refractivity contribution is 8.04. The molecule has 1 aromatic carbocycles. The Hall–Kier alpha value is -1.94. The minimum atomic E-state index is -0.302. The third-order valence-electron chi connectivity index (χ3n) is 4.77. The number of amides is 2. The molecule has 2 N–H and O–H groups in total. The normalized spacial score (nSPS) is 17.3. The lowest BCUT2D eigenvalue weighted by molar-refractivity contribution is -0.112. The van der Waals surface area contributed by atoms with E-state index in [0.29, 0.717) is 59.8 Å². The average molecular weight is 456 g/mol. The Morgan fingerprint density at radius 3 is 2.70 bits per heavy atom. The highest BCUT2D eigenvalue weighted by Crippen LogP contribution is 2.33. The Morgan fingerprint density at radius 1 is 1.23 bits per heavy atom. The second kappa shape index (κ2) is 10.9. The zero-order chi connectivity index (χ0) is 21.5. The number of benzene rings is 1. The molecule has 3 rings (SSSR count). The number of rotatable bonds is 7. The molecule has 30 heavy (non-hydrogen) atoms. The second-order valence-electron chi connectivity index (χ2n) is 6.78. The average Bonchev–Trinajstić information content (AvgIpc) is 2.75. The molecule has 8 nitrogen and oxygen atoms in total. The van der Waals surface area contributed by atoms with Gasteiger partial charge < -0.3 is 24.8 Å². The third-order valence-corrected chi connectivity index (χ3v) is 6.22. The number of hydrogen-bond donors (Lipinski definition) is 2. The summed E-state index contributed by atoms with van der Waals surface area (Å²) in [6.07, 6.45) is 0. The van der Waals surface area contributed by atoms with E-state index in [1.807, 2.05) is 0 Å². The van der Waals surface area contributed by atoms with Crippen molar-refractivity contribution in [3.8, 4) is 5.75 Å². The predicted octanol–water partition coefficient (Wildman–Crippen LogP) is 2.34. The lowest BCUT2D eigenvalue weighted by atomic mass is 10.1. The Bertz CT molecular complexity index is 827. The Balaban J connectivity index is 1.65. The van der Waals surface area contributed by atoms with Crippen molar-refractivity contribution >= 4 is 40.9 Å². The van der Waals surface area contributed by atoms with Crippen LogP contribution < -0.4 is 15.4 Å².